The summed E-state index contributed by atoms with van der Waals surface area (Å²) >= 11 is 1.44. The first-order valence-corrected chi connectivity index (χ1v) is 14.8. The maximum Gasteiger partial charge on any atom is 0.431 e. The molecule has 1 N–H and O–H groups in total. The minimum Gasteiger partial charge on any atom is -0.492 e. The number of rotatable bonds is 10. The summed E-state index contributed by atoms with van der Waals surface area (Å²) < 4.78 is 34.5. The average molecular weight is 525 g/mol. The summed E-state index contributed by atoms with van der Waals surface area (Å²) in [6.45, 7) is 12.7. The molecule has 0 unspecified atom stereocenters. The van der Waals surface area contributed by atoms with Gasteiger partial charge >= 0.3 is 5.13 Å². The van der Waals surface area contributed by atoms with E-state index in [-0.39, 0.29) is 12.1 Å². The molecular formula is C23H38N7O3S2+. The van der Waals surface area contributed by atoms with E-state index >= 15 is 0 Å². The maximum absolute atomic E-state index is 12.1. The van der Waals surface area contributed by atoms with Crippen molar-refractivity contribution in [3.8, 4) is 5.75 Å². The number of nitrogens with zero attached hydrogens (tertiary/aromatic N) is 6. The lowest BCUT2D eigenvalue weighted by molar-refractivity contribution is -0.712. The van der Waals surface area contributed by atoms with Gasteiger partial charge in [0.05, 0.1) is 29.4 Å². The van der Waals surface area contributed by atoms with Crippen LogP contribution in [-0.2, 0) is 17.1 Å². The van der Waals surface area contributed by atoms with E-state index < -0.39 is 10.0 Å². The lowest BCUT2D eigenvalue weighted by Gasteiger charge is -2.30. The van der Waals surface area contributed by atoms with Crippen LogP contribution in [0.3, 0.4) is 0 Å². The van der Waals surface area contributed by atoms with Gasteiger partial charge in [-0.05, 0) is 76.4 Å². The summed E-state index contributed by atoms with van der Waals surface area (Å²) in [6, 6.07) is 4.14. The highest BCUT2D eigenvalue weighted by Crippen LogP contribution is 2.41. The normalized spacial score (nSPS) is 14.8. The molecule has 35 heavy (non-hydrogen) atoms. The molecule has 194 valence electrons. The van der Waals surface area contributed by atoms with E-state index in [4.69, 9.17) is 4.74 Å². The second-order valence-corrected chi connectivity index (χ2v) is 12.0. The third-order valence-electron chi connectivity index (χ3n) is 5.64. The molecule has 1 fully saturated rings. The fourth-order valence-corrected chi connectivity index (χ4v) is 5.91. The van der Waals surface area contributed by atoms with Crippen molar-refractivity contribution in [3.05, 3.63) is 12.1 Å². The highest BCUT2D eigenvalue weighted by atomic mass is 32.2. The molecule has 1 aromatic carbocycles. The average Bonchev–Trinajstić information content (AvgIpc) is 3.12. The highest BCUT2D eigenvalue weighted by molar-refractivity contribution is 7.92. The zero-order chi connectivity index (χ0) is 25.8. The first-order valence-electron chi connectivity index (χ1n) is 12.1. The summed E-state index contributed by atoms with van der Waals surface area (Å²) in [4.78, 5) is 4.46. The van der Waals surface area contributed by atoms with Crippen LogP contribution in [0.5, 0.6) is 5.75 Å². The number of hydrogen-bond acceptors (Lipinski definition) is 9. The lowest BCUT2D eigenvalue weighted by atomic mass is 10.1. The Morgan fingerprint density at radius 3 is 2.40 bits per heavy atom. The van der Waals surface area contributed by atoms with Crippen LogP contribution in [0.25, 0.3) is 0 Å². The van der Waals surface area contributed by atoms with Crippen molar-refractivity contribution in [2.75, 3.05) is 40.5 Å². The molecule has 1 aromatic heterocycles. The first kappa shape index (κ1) is 27.1. The molecule has 1 aliphatic rings. The van der Waals surface area contributed by atoms with Crippen molar-refractivity contribution < 1.29 is 17.8 Å². The number of aryl methyl sites for hydroxylation is 1. The molecule has 12 heteroatoms. The van der Waals surface area contributed by atoms with Gasteiger partial charge in [0.25, 0.3) is 0 Å². The van der Waals surface area contributed by atoms with Crippen molar-refractivity contribution >= 4 is 48.7 Å². The monoisotopic (exact) mass is 524 g/mol. The van der Waals surface area contributed by atoms with E-state index in [0.29, 0.717) is 28.9 Å². The van der Waals surface area contributed by atoms with Gasteiger partial charge in [-0.3, -0.25) is 4.72 Å². The molecule has 0 radical (unpaired) electrons. The van der Waals surface area contributed by atoms with E-state index in [2.05, 4.69) is 57.5 Å². The van der Waals surface area contributed by atoms with Gasteiger partial charge in [-0.1, -0.05) is 5.10 Å². The fourth-order valence-electron chi connectivity index (χ4n) is 4.24. The van der Waals surface area contributed by atoms with E-state index in [1.54, 1.807) is 10.7 Å². The number of benzene rings is 1. The molecule has 0 aliphatic carbocycles. The summed E-state index contributed by atoms with van der Waals surface area (Å²) in [7, 11) is -1.69. The Morgan fingerprint density at radius 2 is 1.83 bits per heavy atom. The maximum atomic E-state index is 12.1. The van der Waals surface area contributed by atoms with Crippen molar-refractivity contribution in [2.24, 2.45) is 17.3 Å². The molecular weight excluding hydrogens is 486 g/mol. The van der Waals surface area contributed by atoms with Gasteiger partial charge in [-0.2, -0.15) is 0 Å². The Bertz CT molecular complexity index is 1130. The second-order valence-electron chi connectivity index (χ2n) is 9.28. The van der Waals surface area contributed by atoms with Crippen LogP contribution < -0.4 is 23.9 Å². The predicted molar refractivity (Wildman–Crippen MR) is 142 cm³/mol. The van der Waals surface area contributed by atoms with E-state index in [0.717, 1.165) is 43.0 Å². The topological polar surface area (TPSA) is 103 Å². The molecule has 10 nitrogen and oxygen atoms in total. The van der Waals surface area contributed by atoms with Crippen LogP contribution in [0.2, 0.25) is 0 Å². The lowest BCUT2D eigenvalue weighted by Crippen LogP contribution is -2.39. The van der Waals surface area contributed by atoms with Crippen LogP contribution >= 0.6 is 11.3 Å². The molecule has 3 rings (SSSR count). The van der Waals surface area contributed by atoms with Gasteiger partial charge < -0.3 is 14.5 Å². The van der Waals surface area contributed by atoms with Crippen molar-refractivity contribution in [1.29, 1.82) is 0 Å². The van der Waals surface area contributed by atoms with Crippen LogP contribution in [0.15, 0.2) is 22.4 Å². The zero-order valence-corrected chi connectivity index (χ0v) is 23.4. The van der Waals surface area contributed by atoms with E-state index in [9.17, 15) is 8.42 Å². The second kappa shape index (κ2) is 11.5. The number of sulfonamides is 1. The van der Waals surface area contributed by atoms with Crippen LogP contribution in [-0.4, -0.2) is 51.6 Å². The highest BCUT2D eigenvalue weighted by Gasteiger charge is 2.25. The van der Waals surface area contributed by atoms with Gasteiger partial charge in [0.2, 0.25) is 15.2 Å². The first-order chi connectivity index (χ1) is 16.5. The number of hydrogen-bond donors (Lipinski definition) is 1. The van der Waals surface area contributed by atoms with Crippen molar-refractivity contribution in [2.45, 2.75) is 66.0 Å². The van der Waals surface area contributed by atoms with E-state index in [1.165, 1.54) is 17.8 Å². The molecule has 0 bridgehead atoms. The third-order valence-corrected chi connectivity index (χ3v) is 7.24. The number of azo groups is 1. The number of piperidine rings is 1. The third kappa shape index (κ3) is 7.03. The fraction of sp³-hybridized carbons (Fsp3) is 0.652. The van der Waals surface area contributed by atoms with Crippen molar-refractivity contribution in [1.82, 2.24) is 5.10 Å². The predicted octanol–water partition coefficient (Wildman–Crippen LogP) is 4.77. The molecule has 2 aromatic rings. The molecule has 0 saturated carbocycles. The molecule has 0 amide bonds. The van der Waals surface area contributed by atoms with Crippen LogP contribution in [0.1, 0.15) is 53.9 Å². The summed E-state index contributed by atoms with van der Waals surface area (Å²) in [6.07, 6.45) is 4.51. The van der Waals surface area contributed by atoms with Gasteiger partial charge in [0.1, 0.15) is 18.5 Å². The quantitative estimate of drug-likeness (QED) is 0.355. The summed E-state index contributed by atoms with van der Waals surface area (Å²) in [5, 5.41) is 15.0. The molecule has 1 aliphatic heterocycles. The Hall–Kier alpha value is -2.47. The number of ether oxygens (including phenoxy) is 1. The minimum absolute atomic E-state index is 0.285. The molecule has 0 atom stereocenters. The summed E-state index contributed by atoms with van der Waals surface area (Å²) in [5.74, 6) is 0.669. The number of anilines is 3. The Morgan fingerprint density at radius 1 is 1.17 bits per heavy atom. The number of aromatic nitrogens is 2. The van der Waals surface area contributed by atoms with Crippen LogP contribution in [0, 0.1) is 0 Å². The van der Waals surface area contributed by atoms with E-state index in [1.807, 2.05) is 20.0 Å². The molecule has 0 spiro atoms. The molecule has 2 heterocycles. The van der Waals surface area contributed by atoms with Crippen molar-refractivity contribution in [3.63, 3.8) is 0 Å². The van der Waals surface area contributed by atoms with Gasteiger partial charge in [0, 0.05) is 31.2 Å². The van der Waals surface area contributed by atoms with Gasteiger partial charge in [-0.15, -0.1) is 4.68 Å². The Balaban J connectivity index is 2.03. The Labute approximate surface area is 213 Å². The Kier molecular flexibility index (Phi) is 8.92. The SMILES string of the molecule is CCOc1cc(N=Nc2sc(N(C(C)C)C(C)C)n[n+]2C)c(NS(C)(=O)=O)cc1N1CCCCC1. The largest absolute Gasteiger partial charge is 0.492 e. The van der Waals surface area contributed by atoms with Gasteiger partial charge in [0.15, 0.2) is 0 Å². The molecule has 1 saturated heterocycles. The zero-order valence-electron chi connectivity index (χ0n) is 21.8. The minimum atomic E-state index is -3.52. The standard InChI is InChI=1S/C23H37N7O3S2/c1-8-33-21-15-18(19(27-35(7,31)32)14-20(21)29-12-10-9-11-13-29)24-25-22-28(6)26-23(34-22)30(16(2)3)17(4)5/h14-17H,8-13H2,1-7H3/p+1. The number of nitrogens with one attached hydrogen (secondary N) is 1. The smallest absolute Gasteiger partial charge is 0.431 e. The van der Waals surface area contributed by atoms with Gasteiger partial charge in [-0.25, -0.2) is 8.42 Å². The summed E-state index contributed by atoms with van der Waals surface area (Å²) in [5.41, 5.74) is 1.63. The van der Waals surface area contributed by atoms with Crippen LogP contribution in [0.4, 0.5) is 27.3 Å².